The van der Waals surface area contributed by atoms with Crippen LogP contribution in [0.3, 0.4) is 0 Å². The molecule has 1 aliphatic heterocycles. The van der Waals surface area contributed by atoms with Gasteiger partial charge in [0.15, 0.2) is 0 Å². The molecule has 0 radical (unpaired) electrons. The van der Waals surface area contributed by atoms with Gasteiger partial charge in [0.25, 0.3) is 5.91 Å². The van der Waals surface area contributed by atoms with Crippen molar-refractivity contribution in [2.75, 3.05) is 5.32 Å². The van der Waals surface area contributed by atoms with Crippen molar-refractivity contribution < 1.29 is 26.4 Å². The highest BCUT2D eigenvalue weighted by Crippen LogP contribution is 2.37. The van der Waals surface area contributed by atoms with Gasteiger partial charge in [0.2, 0.25) is 10.0 Å². The van der Waals surface area contributed by atoms with Gasteiger partial charge < -0.3 is 10.6 Å². The highest BCUT2D eigenvalue weighted by Gasteiger charge is 2.35. The number of carbonyl (C=O) groups excluding carboxylic acids is 1. The number of carbonyl (C=O) groups is 1. The summed E-state index contributed by atoms with van der Waals surface area (Å²) in [5.41, 5.74) is 0.646. The van der Waals surface area contributed by atoms with Crippen LogP contribution in [-0.4, -0.2) is 14.3 Å². The highest BCUT2D eigenvalue weighted by molar-refractivity contribution is 7.89. The quantitative estimate of drug-likeness (QED) is 0.547. The third-order valence-corrected chi connectivity index (χ3v) is 6.45. The zero-order valence-electron chi connectivity index (χ0n) is 16.5. The van der Waals surface area contributed by atoms with Crippen LogP contribution in [0.4, 0.5) is 18.9 Å². The maximum atomic E-state index is 13.0. The molecule has 0 saturated heterocycles. The van der Waals surface area contributed by atoms with Crippen LogP contribution >= 0.6 is 0 Å². The summed E-state index contributed by atoms with van der Waals surface area (Å²) in [7, 11) is -4.03. The zero-order valence-corrected chi connectivity index (χ0v) is 17.3. The first-order valence-corrected chi connectivity index (χ1v) is 11.0. The topological polar surface area (TPSA) is 87.3 Å². The molecule has 10 heteroatoms. The van der Waals surface area contributed by atoms with Crippen molar-refractivity contribution in [3.8, 4) is 0 Å². The predicted octanol–water partition coefficient (Wildman–Crippen LogP) is 4.04. The number of sulfonamides is 1. The molecule has 3 aromatic rings. The molecule has 1 amide bonds. The van der Waals surface area contributed by atoms with Gasteiger partial charge in [-0.15, -0.1) is 0 Å². The number of anilines is 1. The van der Waals surface area contributed by atoms with E-state index in [0.29, 0.717) is 17.7 Å². The van der Waals surface area contributed by atoms with Crippen LogP contribution in [0.5, 0.6) is 0 Å². The largest absolute Gasteiger partial charge is 0.416 e. The van der Waals surface area contributed by atoms with Crippen molar-refractivity contribution in [1.82, 2.24) is 10.0 Å². The van der Waals surface area contributed by atoms with Crippen molar-refractivity contribution in [2.24, 2.45) is 0 Å². The zero-order chi connectivity index (χ0) is 22.9. The summed E-state index contributed by atoms with van der Waals surface area (Å²) in [6, 6.07) is 17.9. The molecule has 1 aliphatic rings. The van der Waals surface area contributed by atoms with Crippen LogP contribution in [0.15, 0.2) is 77.7 Å². The fourth-order valence-electron chi connectivity index (χ4n) is 3.32. The molecule has 0 aromatic heterocycles. The Bertz CT molecular complexity index is 1240. The molecule has 3 N–H and O–H groups in total. The molecule has 6 nitrogen and oxygen atoms in total. The van der Waals surface area contributed by atoms with E-state index >= 15 is 0 Å². The Morgan fingerprint density at radius 3 is 2.31 bits per heavy atom. The number of hydrogen-bond acceptors (Lipinski definition) is 4. The lowest BCUT2D eigenvalue weighted by Gasteiger charge is -2.29. The minimum Gasteiger partial charge on any atom is -0.364 e. The molecular weight excluding hydrogens is 443 g/mol. The number of nitrogens with one attached hydrogen (secondary N) is 3. The molecule has 1 atom stereocenters. The number of rotatable bonds is 4. The van der Waals surface area contributed by atoms with E-state index in [-0.39, 0.29) is 16.5 Å². The number of alkyl halides is 3. The lowest BCUT2D eigenvalue weighted by molar-refractivity contribution is -0.137. The Hall–Kier alpha value is -3.37. The molecule has 0 bridgehead atoms. The van der Waals surface area contributed by atoms with Crippen molar-refractivity contribution in [2.45, 2.75) is 23.8 Å². The van der Waals surface area contributed by atoms with Gasteiger partial charge in [-0.05, 0) is 41.5 Å². The average Bonchev–Trinajstić information content (AvgIpc) is 2.77. The van der Waals surface area contributed by atoms with Gasteiger partial charge in [-0.2, -0.15) is 17.9 Å². The first-order valence-electron chi connectivity index (χ1n) is 9.56. The molecule has 0 spiro atoms. The fourth-order valence-corrected chi connectivity index (χ4v) is 4.60. The maximum Gasteiger partial charge on any atom is 0.416 e. The molecule has 32 heavy (non-hydrogen) atoms. The number of amides is 1. The van der Waals surface area contributed by atoms with Crippen LogP contribution in [0.1, 0.15) is 33.2 Å². The van der Waals surface area contributed by atoms with E-state index in [2.05, 4.69) is 15.4 Å². The SMILES string of the molecule is O=C(NCc1ccccc1)c1ccc([C@H]2Nc3cc(C(F)(F)F)ccc3S(=O)(=O)N2)cc1. The Morgan fingerprint density at radius 2 is 1.66 bits per heavy atom. The van der Waals surface area contributed by atoms with E-state index in [4.69, 9.17) is 0 Å². The Kier molecular flexibility index (Phi) is 5.66. The van der Waals surface area contributed by atoms with Crippen molar-refractivity contribution >= 4 is 21.6 Å². The lowest BCUT2D eigenvalue weighted by Crippen LogP contribution is -2.38. The van der Waals surface area contributed by atoms with Gasteiger partial charge in [0, 0.05) is 12.1 Å². The van der Waals surface area contributed by atoms with E-state index in [1.54, 1.807) is 0 Å². The second kappa shape index (κ2) is 8.29. The Balaban J connectivity index is 1.51. The number of halogens is 3. The fraction of sp³-hybridized carbons (Fsp3) is 0.136. The second-order valence-electron chi connectivity index (χ2n) is 7.20. The number of benzene rings is 3. The van der Waals surface area contributed by atoms with E-state index in [1.165, 1.54) is 24.3 Å². The van der Waals surface area contributed by atoms with Gasteiger partial charge in [0.1, 0.15) is 11.1 Å². The molecule has 0 saturated carbocycles. The summed E-state index contributed by atoms with van der Waals surface area (Å²) < 4.78 is 66.5. The predicted molar refractivity (Wildman–Crippen MR) is 112 cm³/mol. The molecule has 0 aliphatic carbocycles. The standard InChI is InChI=1S/C22H18F3N3O3S/c23-22(24,25)17-10-11-19-18(12-17)27-20(28-32(19,30)31)15-6-8-16(9-7-15)21(29)26-13-14-4-2-1-3-5-14/h1-12,20,27-28H,13H2,(H,26,29)/t20-/m0/s1. The maximum absolute atomic E-state index is 13.0. The normalized spacial score (nSPS) is 17.2. The van der Waals surface area contributed by atoms with Gasteiger partial charge in [0.05, 0.1) is 11.3 Å². The molecule has 3 aromatic carbocycles. The van der Waals surface area contributed by atoms with E-state index in [1.807, 2.05) is 30.3 Å². The molecule has 0 fully saturated rings. The van der Waals surface area contributed by atoms with Crippen LogP contribution in [0.25, 0.3) is 0 Å². The summed E-state index contributed by atoms with van der Waals surface area (Å²) >= 11 is 0. The van der Waals surface area contributed by atoms with E-state index < -0.39 is 27.9 Å². The van der Waals surface area contributed by atoms with Gasteiger partial charge in [-0.3, -0.25) is 4.79 Å². The first-order chi connectivity index (χ1) is 15.1. The minimum absolute atomic E-state index is 0.145. The molecule has 1 heterocycles. The minimum atomic E-state index is -4.60. The van der Waals surface area contributed by atoms with Crippen molar-refractivity contribution in [1.29, 1.82) is 0 Å². The third kappa shape index (κ3) is 4.61. The number of fused-ring (bicyclic) bond motifs is 1. The summed E-state index contributed by atoms with van der Waals surface area (Å²) in [6.07, 6.45) is -5.59. The van der Waals surface area contributed by atoms with Crippen LogP contribution in [0.2, 0.25) is 0 Å². The molecule has 0 unspecified atom stereocenters. The molecular formula is C22H18F3N3O3S. The van der Waals surface area contributed by atoms with E-state index in [0.717, 1.165) is 23.8 Å². The summed E-state index contributed by atoms with van der Waals surface area (Å²) in [5.74, 6) is -0.308. The summed E-state index contributed by atoms with van der Waals surface area (Å²) in [4.78, 5) is 12.1. The van der Waals surface area contributed by atoms with E-state index in [9.17, 15) is 26.4 Å². The summed E-state index contributed by atoms with van der Waals surface area (Å²) in [6.45, 7) is 0.351. The lowest BCUT2D eigenvalue weighted by atomic mass is 10.1. The first kappa shape index (κ1) is 21.8. The summed E-state index contributed by atoms with van der Waals surface area (Å²) in [5, 5.41) is 5.57. The average molecular weight is 461 g/mol. The Labute approximate surface area is 182 Å². The van der Waals surface area contributed by atoms with Crippen LogP contribution < -0.4 is 15.4 Å². The van der Waals surface area contributed by atoms with Crippen LogP contribution in [-0.2, 0) is 22.7 Å². The van der Waals surface area contributed by atoms with Gasteiger partial charge >= 0.3 is 6.18 Å². The monoisotopic (exact) mass is 461 g/mol. The van der Waals surface area contributed by atoms with Gasteiger partial charge in [-0.1, -0.05) is 42.5 Å². The van der Waals surface area contributed by atoms with Gasteiger partial charge in [-0.25, -0.2) is 8.42 Å². The van der Waals surface area contributed by atoms with Crippen molar-refractivity contribution in [3.05, 3.63) is 95.1 Å². The van der Waals surface area contributed by atoms with Crippen molar-refractivity contribution in [3.63, 3.8) is 0 Å². The smallest absolute Gasteiger partial charge is 0.364 e. The van der Waals surface area contributed by atoms with Crippen LogP contribution in [0, 0.1) is 0 Å². The number of hydrogen-bond donors (Lipinski definition) is 3. The highest BCUT2D eigenvalue weighted by atomic mass is 32.2. The molecule has 4 rings (SSSR count). The second-order valence-corrected chi connectivity index (χ2v) is 8.88. The Morgan fingerprint density at radius 1 is 0.969 bits per heavy atom. The molecule has 166 valence electrons. The third-order valence-electron chi connectivity index (χ3n) is 4.97.